The number of hydrogen-bond donors (Lipinski definition) is 1. The molecule has 1 aromatic carbocycles. The van der Waals surface area contributed by atoms with Crippen LogP contribution in [0.1, 0.15) is 21.8 Å². The number of benzene rings is 1. The minimum absolute atomic E-state index is 0.193. The number of carbonyl (C=O) groups is 1. The molecule has 0 spiro atoms. The largest absolute Gasteiger partial charge is 0.438 e. The van der Waals surface area contributed by atoms with Gasteiger partial charge in [0.05, 0.1) is 11.4 Å². The maximum Gasteiger partial charge on any atom is 0.293 e. The van der Waals surface area contributed by atoms with Gasteiger partial charge in [0.25, 0.3) is 5.91 Å². The average molecular weight is 330 g/mol. The average Bonchev–Trinajstić information content (AvgIpc) is 2.72. The van der Waals surface area contributed by atoms with Gasteiger partial charge in [-0.3, -0.25) is 4.79 Å². The van der Waals surface area contributed by atoms with Crippen molar-refractivity contribution in [3.63, 3.8) is 0 Å². The van der Waals surface area contributed by atoms with E-state index in [1.54, 1.807) is 13.0 Å². The molecule has 0 radical (unpaired) electrons. The van der Waals surface area contributed by atoms with Crippen LogP contribution >= 0.6 is 27.5 Å². The molecule has 4 nitrogen and oxygen atoms in total. The van der Waals surface area contributed by atoms with Crippen LogP contribution in [0.4, 0.5) is 5.69 Å². The fraction of sp³-hybridized carbons (Fsp3) is 0.167. The number of nitrogens with one attached hydrogen (secondary N) is 1. The van der Waals surface area contributed by atoms with Gasteiger partial charge in [-0.1, -0.05) is 11.6 Å². The maximum atomic E-state index is 11.9. The van der Waals surface area contributed by atoms with Crippen LogP contribution in [-0.4, -0.2) is 10.9 Å². The van der Waals surface area contributed by atoms with Crippen molar-refractivity contribution in [3.05, 3.63) is 45.0 Å². The zero-order valence-corrected chi connectivity index (χ0v) is 12.1. The summed E-state index contributed by atoms with van der Waals surface area (Å²) in [5, 5.41) is 3.30. The molecule has 6 heteroatoms. The minimum atomic E-state index is -0.356. The Labute approximate surface area is 117 Å². The van der Waals surface area contributed by atoms with Crippen molar-refractivity contribution in [2.75, 3.05) is 5.32 Å². The Morgan fingerprint density at radius 3 is 2.78 bits per heavy atom. The Morgan fingerprint density at radius 2 is 2.17 bits per heavy atom. The van der Waals surface area contributed by atoms with Gasteiger partial charge in [0.1, 0.15) is 0 Å². The minimum Gasteiger partial charge on any atom is -0.438 e. The highest BCUT2D eigenvalue weighted by molar-refractivity contribution is 9.10. The van der Waals surface area contributed by atoms with Crippen molar-refractivity contribution in [2.45, 2.75) is 13.8 Å². The van der Waals surface area contributed by atoms with E-state index in [4.69, 9.17) is 16.0 Å². The molecule has 1 N–H and O–H groups in total. The van der Waals surface area contributed by atoms with Crippen LogP contribution < -0.4 is 5.32 Å². The second kappa shape index (κ2) is 5.12. The molecule has 0 aliphatic rings. The van der Waals surface area contributed by atoms with Crippen LogP contribution in [0.25, 0.3) is 0 Å². The Hall–Kier alpha value is -1.33. The van der Waals surface area contributed by atoms with Crippen LogP contribution in [0, 0.1) is 13.8 Å². The van der Waals surface area contributed by atoms with Crippen molar-refractivity contribution < 1.29 is 9.21 Å². The molecule has 1 heterocycles. The standard InChI is InChI=1S/C12H10BrClN2O2/c1-6-3-8(13)10(4-9(6)14)16-12(17)11-7(2)15-5-18-11/h3-5H,1-2H3,(H,16,17). The molecule has 0 saturated carbocycles. The number of aryl methyl sites for hydroxylation is 2. The van der Waals surface area contributed by atoms with Crippen molar-refractivity contribution in [3.8, 4) is 0 Å². The summed E-state index contributed by atoms with van der Waals surface area (Å²) in [6.45, 7) is 3.59. The lowest BCUT2D eigenvalue weighted by atomic mass is 10.2. The van der Waals surface area contributed by atoms with Gasteiger partial charge in [0.15, 0.2) is 6.39 Å². The van der Waals surface area contributed by atoms with E-state index in [1.165, 1.54) is 6.39 Å². The number of oxazole rings is 1. The lowest BCUT2D eigenvalue weighted by Gasteiger charge is -2.08. The summed E-state index contributed by atoms with van der Waals surface area (Å²) in [5.41, 5.74) is 2.06. The fourth-order valence-electron chi connectivity index (χ4n) is 1.44. The number of nitrogens with zero attached hydrogens (tertiary/aromatic N) is 1. The number of carbonyl (C=O) groups excluding carboxylic acids is 1. The van der Waals surface area contributed by atoms with Gasteiger partial charge in [0, 0.05) is 9.50 Å². The molecular weight excluding hydrogens is 320 g/mol. The van der Waals surface area contributed by atoms with E-state index in [0.717, 1.165) is 10.0 Å². The third kappa shape index (κ3) is 2.57. The van der Waals surface area contributed by atoms with Crippen molar-refractivity contribution >= 4 is 39.1 Å². The SMILES string of the molecule is Cc1cc(Br)c(NC(=O)c2ocnc2C)cc1Cl. The number of hydrogen-bond acceptors (Lipinski definition) is 3. The second-order valence-electron chi connectivity index (χ2n) is 3.80. The monoisotopic (exact) mass is 328 g/mol. The van der Waals surface area contributed by atoms with E-state index in [1.807, 2.05) is 13.0 Å². The molecule has 1 amide bonds. The van der Waals surface area contributed by atoms with E-state index in [2.05, 4.69) is 26.2 Å². The third-order valence-electron chi connectivity index (χ3n) is 2.45. The summed E-state index contributed by atoms with van der Waals surface area (Å²) < 4.78 is 5.78. The number of aromatic nitrogens is 1. The van der Waals surface area contributed by atoms with E-state index in [-0.39, 0.29) is 11.7 Å². The number of halogens is 2. The molecule has 2 rings (SSSR count). The first-order chi connectivity index (χ1) is 8.49. The van der Waals surface area contributed by atoms with Crippen LogP contribution in [0.2, 0.25) is 5.02 Å². The number of rotatable bonds is 2. The zero-order valence-electron chi connectivity index (χ0n) is 9.75. The predicted molar refractivity (Wildman–Crippen MR) is 73.1 cm³/mol. The molecule has 1 aromatic heterocycles. The van der Waals surface area contributed by atoms with Crippen LogP contribution in [0.15, 0.2) is 27.4 Å². The van der Waals surface area contributed by atoms with Crippen LogP contribution in [-0.2, 0) is 0 Å². The van der Waals surface area contributed by atoms with Gasteiger partial charge in [-0.2, -0.15) is 0 Å². The number of amides is 1. The molecule has 0 saturated heterocycles. The lowest BCUT2D eigenvalue weighted by molar-refractivity contribution is 0.0996. The lowest BCUT2D eigenvalue weighted by Crippen LogP contribution is -2.12. The van der Waals surface area contributed by atoms with Gasteiger partial charge in [0.2, 0.25) is 5.76 Å². The summed E-state index contributed by atoms with van der Waals surface area (Å²) in [6, 6.07) is 3.52. The van der Waals surface area contributed by atoms with E-state index in [0.29, 0.717) is 16.4 Å². The summed E-state index contributed by atoms with van der Waals surface area (Å²) in [5.74, 6) is -0.163. The molecule has 0 aliphatic heterocycles. The normalized spacial score (nSPS) is 10.4. The van der Waals surface area contributed by atoms with Gasteiger partial charge >= 0.3 is 0 Å². The molecule has 2 aromatic rings. The first kappa shape index (κ1) is 13.1. The number of anilines is 1. The molecule has 0 bridgehead atoms. The first-order valence-electron chi connectivity index (χ1n) is 5.16. The Balaban J connectivity index is 2.28. The molecule has 94 valence electrons. The first-order valence-corrected chi connectivity index (χ1v) is 6.33. The van der Waals surface area contributed by atoms with Gasteiger partial charge < -0.3 is 9.73 Å². The van der Waals surface area contributed by atoms with E-state index in [9.17, 15) is 4.79 Å². The Morgan fingerprint density at radius 1 is 1.44 bits per heavy atom. The summed E-state index contributed by atoms with van der Waals surface area (Å²) in [4.78, 5) is 15.8. The van der Waals surface area contributed by atoms with Crippen molar-refractivity contribution in [2.24, 2.45) is 0 Å². The van der Waals surface area contributed by atoms with E-state index >= 15 is 0 Å². The highest BCUT2D eigenvalue weighted by Crippen LogP contribution is 2.29. The summed E-state index contributed by atoms with van der Waals surface area (Å²) in [6.07, 6.45) is 1.24. The quantitative estimate of drug-likeness (QED) is 0.907. The molecule has 0 unspecified atom stereocenters. The topological polar surface area (TPSA) is 55.1 Å². The van der Waals surface area contributed by atoms with Crippen LogP contribution in [0.3, 0.4) is 0 Å². The fourth-order valence-corrected chi connectivity index (χ4v) is 2.16. The molecule has 0 fully saturated rings. The maximum absolute atomic E-state index is 11.9. The Bertz CT molecular complexity index is 610. The molecule has 18 heavy (non-hydrogen) atoms. The van der Waals surface area contributed by atoms with Gasteiger partial charge in [-0.05, 0) is 47.5 Å². The second-order valence-corrected chi connectivity index (χ2v) is 5.06. The van der Waals surface area contributed by atoms with Crippen molar-refractivity contribution in [1.82, 2.24) is 4.98 Å². The zero-order chi connectivity index (χ0) is 13.3. The third-order valence-corrected chi connectivity index (χ3v) is 3.51. The Kier molecular flexibility index (Phi) is 3.73. The molecule has 0 aliphatic carbocycles. The smallest absolute Gasteiger partial charge is 0.293 e. The molecular formula is C12H10BrClN2O2. The van der Waals surface area contributed by atoms with Crippen molar-refractivity contribution in [1.29, 1.82) is 0 Å². The summed E-state index contributed by atoms with van der Waals surface area (Å²) >= 11 is 9.39. The van der Waals surface area contributed by atoms with Gasteiger partial charge in [-0.15, -0.1) is 0 Å². The van der Waals surface area contributed by atoms with Crippen LogP contribution in [0.5, 0.6) is 0 Å². The van der Waals surface area contributed by atoms with E-state index < -0.39 is 0 Å². The summed E-state index contributed by atoms with van der Waals surface area (Å²) in [7, 11) is 0. The predicted octanol–water partition coefficient (Wildman–Crippen LogP) is 3.96. The highest BCUT2D eigenvalue weighted by Gasteiger charge is 2.15. The van der Waals surface area contributed by atoms with Gasteiger partial charge in [-0.25, -0.2) is 4.98 Å². The highest BCUT2D eigenvalue weighted by atomic mass is 79.9. The molecule has 0 atom stereocenters.